The van der Waals surface area contributed by atoms with E-state index in [1.165, 1.54) is 17.3 Å². The molecule has 0 spiro atoms. The molecular formula is C11H20N2OS2. The van der Waals surface area contributed by atoms with E-state index >= 15 is 0 Å². The minimum atomic E-state index is -0.313. The summed E-state index contributed by atoms with van der Waals surface area (Å²) in [6.45, 7) is 5.72. The van der Waals surface area contributed by atoms with Gasteiger partial charge in [0.25, 0.3) is 0 Å². The highest BCUT2D eigenvalue weighted by atomic mass is 32.2. The van der Waals surface area contributed by atoms with Crippen molar-refractivity contribution < 1.29 is 4.79 Å². The van der Waals surface area contributed by atoms with E-state index < -0.39 is 0 Å². The lowest BCUT2D eigenvalue weighted by Gasteiger charge is -2.27. The number of nitrogens with one attached hydrogen (secondary N) is 1. The lowest BCUT2D eigenvalue weighted by atomic mass is 9.99. The van der Waals surface area contributed by atoms with Crippen molar-refractivity contribution in [2.45, 2.75) is 31.1 Å². The Morgan fingerprint density at radius 3 is 2.94 bits per heavy atom. The predicted molar refractivity (Wildman–Crippen MR) is 72.0 cm³/mol. The van der Waals surface area contributed by atoms with E-state index in [0.29, 0.717) is 5.25 Å². The molecule has 0 radical (unpaired) electrons. The quantitative estimate of drug-likeness (QED) is 0.831. The van der Waals surface area contributed by atoms with Crippen LogP contribution in [0.4, 0.5) is 0 Å². The zero-order valence-electron chi connectivity index (χ0n) is 9.99. The molecule has 2 aliphatic heterocycles. The van der Waals surface area contributed by atoms with Crippen LogP contribution in [0.25, 0.3) is 0 Å². The van der Waals surface area contributed by atoms with Gasteiger partial charge in [-0.25, -0.2) is 0 Å². The molecular weight excluding hydrogens is 240 g/mol. The van der Waals surface area contributed by atoms with Gasteiger partial charge in [-0.3, -0.25) is 10.1 Å². The van der Waals surface area contributed by atoms with Crippen LogP contribution in [0.15, 0.2) is 0 Å². The maximum absolute atomic E-state index is 12.2. The summed E-state index contributed by atoms with van der Waals surface area (Å²) in [7, 11) is 0. The van der Waals surface area contributed by atoms with Crippen molar-refractivity contribution in [1.29, 1.82) is 0 Å². The number of hydrogen-bond acceptors (Lipinski definition) is 4. The van der Waals surface area contributed by atoms with Gasteiger partial charge in [0, 0.05) is 29.1 Å². The second-order valence-corrected chi connectivity index (χ2v) is 7.17. The molecule has 0 aliphatic carbocycles. The second-order valence-electron chi connectivity index (χ2n) is 4.62. The third-order valence-electron chi connectivity index (χ3n) is 3.44. The number of thioether (sulfide) groups is 2. The molecule has 0 saturated carbocycles. The first-order valence-electron chi connectivity index (χ1n) is 5.89. The van der Waals surface area contributed by atoms with E-state index in [9.17, 15) is 4.79 Å². The second kappa shape index (κ2) is 5.19. The molecule has 0 aromatic rings. The number of carbonyl (C=O) groups excluding carboxylic acids is 1. The van der Waals surface area contributed by atoms with Gasteiger partial charge in [0.1, 0.15) is 0 Å². The van der Waals surface area contributed by atoms with Gasteiger partial charge in [-0.15, -0.1) is 0 Å². The molecule has 2 rings (SSSR count). The number of amides is 1. The van der Waals surface area contributed by atoms with Crippen molar-refractivity contribution >= 4 is 29.4 Å². The van der Waals surface area contributed by atoms with Gasteiger partial charge in [-0.05, 0) is 13.3 Å². The summed E-state index contributed by atoms with van der Waals surface area (Å²) in [6.07, 6.45) is 0.870. The zero-order chi connectivity index (χ0) is 11.6. The molecule has 1 N–H and O–H groups in total. The molecule has 92 valence electrons. The summed E-state index contributed by atoms with van der Waals surface area (Å²) < 4.78 is 0. The molecule has 2 unspecified atom stereocenters. The first-order chi connectivity index (χ1) is 7.65. The summed E-state index contributed by atoms with van der Waals surface area (Å²) in [4.78, 5) is 14.2. The highest BCUT2D eigenvalue weighted by Crippen LogP contribution is 2.27. The van der Waals surface area contributed by atoms with Crippen LogP contribution >= 0.6 is 23.5 Å². The van der Waals surface area contributed by atoms with Crippen LogP contribution in [0.3, 0.4) is 0 Å². The van der Waals surface area contributed by atoms with Gasteiger partial charge < -0.3 is 4.90 Å². The van der Waals surface area contributed by atoms with E-state index in [2.05, 4.69) is 12.2 Å². The lowest BCUT2D eigenvalue weighted by Crippen LogP contribution is -2.44. The van der Waals surface area contributed by atoms with Crippen LogP contribution in [0.5, 0.6) is 0 Å². The summed E-state index contributed by atoms with van der Waals surface area (Å²) in [5, 5.41) is 3.96. The van der Waals surface area contributed by atoms with Crippen LogP contribution in [-0.2, 0) is 4.79 Å². The Morgan fingerprint density at radius 2 is 2.38 bits per heavy atom. The van der Waals surface area contributed by atoms with E-state index in [1.807, 2.05) is 35.3 Å². The molecule has 2 atom stereocenters. The van der Waals surface area contributed by atoms with Gasteiger partial charge in [-0.2, -0.15) is 23.5 Å². The van der Waals surface area contributed by atoms with E-state index in [-0.39, 0.29) is 11.4 Å². The summed E-state index contributed by atoms with van der Waals surface area (Å²) in [6, 6.07) is 0. The van der Waals surface area contributed by atoms with Gasteiger partial charge in [0.05, 0.1) is 12.2 Å². The Morgan fingerprint density at radius 1 is 1.56 bits per heavy atom. The third kappa shape index (κ3) is 2.51. The minimum absolute atomic E-state index is 0.283. The molecule has 2 saturated heterocycles. The van der Waals surface area contributed by atoms with Crippen LogP contribution in [-0.4, -0.2) is 52.1 Å². The monoisotopic (exact) mass is 260 g/mol. The number of carbonyl (C=O) groups is 1. The smallest absolute Gasteiger partial charge is 0.243 e. The molecule has 5 heteroatoms. The first-order valence-corrected chi connectivity index (χ1v) is 8.10. The molecule has 16 heavy (non-hydrogen) atoms. The predicted octanol–water partition coefficient (Wildman–Crippen LogP) is 1.39. The Hall–Kier alpha value is 0.130. The lowest BCUT2D eigenvalue weighted by molar-refractivity contribution is -0.132. The van der Waals surface area contributed by atoms with Gasteiger partial charge in [-0.1, -0.05) is 6.92 Å². The Labute approximate surface area is 106 Å². The fraction of sp³-hybridized carbons (Fsp3) is 0.909. The van der Waals surface area contributed by atoms with Crippen LogP contribution in [0, 0.1) is 0 Å². The van der Waals surface area contributed by atoms with Gasteiger partial charge in [0.15, 0.2) is 0 Å². The summed E-state index contributed by atoms with van der Waals surface area (Å²) in [5.74, 6) is 3.97. The van der Waals surface area contributed by atoms with Crippen LogP contribution in [0.2, 0.25) is 0 Å². The van der Waals surface area contributed by atoms with Crippen LogP contribution < -0.4 is 5.32 Å². The fourth-order valence-electron chi connectivity index (χ4n) is 2.08. The highest BCUT2D eigenvalue weighted by molar-refractivity contribution is 8.06. The zero-order valence-corrected chi connectivity index (χ0v) is 11.6. The van der Waals surface area contributed by atoms with E-state index in [1.54, 1.807) is 0 Å². The van der Waals surface area contributed by atoms with Crippen molar-refractivity contribution in [3.63, 3.8) is 0 Å². The molecule has 0 bridgehead atoms. The molecule has 2 aliphatic rings. The Bertz CT molecular complexity index is 269. The molecule has 1 amide bonds. The van der Waals surface area contributed by atoms with E-state index in [0.717, 1.165) is 19.6 Å². The van der Waals surface area contributed by atoms with Crippen LogP contribution in [0.1, 0.15) is 20.3 Å². The Kier molecular flexibility index (Phi) is 4.08. The van der Waals surface area contributed by atoms with E-state index in [4.69, 9.17) is 0 Å². The fourth-order valence-corrected chi connectivity index (χ4v) is 4.76. The average molecular weight is 260 g/mol. The number of hydrogen-bond donors (Lipinski definition) is 1. The SMILES string of the molecule is CCC1(C)NCN(CC2CSCCS2)C1=O. The van der Waals surface area contributed by atoms with Crippen molar-refractivity contribution in [1.82, 2.24) is 10.2 Å². The number of rotatable bonds is 3. The molecule has 0 aromatic carbocycles. The largest absolute Gasteiger partial charge is 0.327 e. The van der Waals surface area contributed by atoms with Crippen molar-refractivity contribution in [3.05, 3.63) is 0 Å². The maximum atomic E-state index is 12.2. The average Bonchev–Trinajstić information content (AvgIpc) is 2.60. The normalized spacial score (nSPS) is 35.8. The minimum Gasteiger partial charge on any atom is -0.327 e. The van der Waals surface area contributed by atoms with Gasteiger partial charge in [0.2, 0.25) is 5.91 Å². The third-order valence-corrected chi connectivity index (χ3v) is 6.26. The maximum Gasteiger partial charge on any atom is 0.243 e. The molecule has 2 heterocycles. The van der Waals surface area contributed by atoms with Gasteiger partial charge >= 0.3 is 0 Å². The van der Waals surface area contributed by atoms with Crippen molar-refractivity contribution in [2.75, 3.05) is 30.5 Å². The number of nitrogens with zero attached hydrogens (tertiary/aromatic N) is 1. The Balaban J connectivity index is 1.89. The first kappa shape index (κ1) is 12.6. The summed E-state index contributed by atoms with van der Waals surface area (Å²) >= 11 is 4.03. The van der Waals surface area contributed by atoms with Crippen molar-refractivity contribution in [2.24, 2.45) is 0 Å². The highest BCUT2D eigenvalue weighted by Gasteiger charge is 2.41. The summed E-state index contributed by atoms with van der Waals surface area (Å²) in [5.41, 5.74) is -0.313. The molecule has 3 nitrogen and oxygen atoms in total. The molecule has 2 fully saturated rings. The topological polar surface area (TPSA) is 32.3 Å². The standard InChI is InChI=1S/C11H20N2OS2/c1-3-11(2)10(14)13(8-12-11)6-9-7-15-4-5-16-9/h9,12H,3-8H2,1-2H3. The molecule has 0 aromatic heterocycles. The van der Waals surface area contributed by atoms with Crippen molar-refractivity contribution in [3.8, 4) is 0 Å².